The molecule has 0 aromatic carbocycles. The number of hydrogen-bond acceptors (Lipinski definition) is 2. The molecule has 0 N–H and O–H groups in total. The zero-order valence-corrected chi connectivity index (χ0v) is 12.8. The molecule has 0 heterocycles. The van der Waals surface area contributed by atoms with Gasteiger partial charge in [-0.3, -0.25) is 0 Å². The molecule has 0 radical (unpaired) electrons. The third-order valence-corrected chi connectivity index (χ3v) is 2.93. The van der Waals surface area contributed by atoms with Crippen molar-refractivity contribution in [2.75, 3.05) is 19.1 Å². The van der Waals surface area contributed by atoms with Crippen LogP contribution in [0.5, 0.6) is 0 Å². The van der Waals surface area contributed by atoms with E-state index in [4.69, 9.17) is 21.1 Å². The summed E-state index contributed by atoms with van der Waals surface area (Å²) >= 11 is 5.59. The molecule has 0 aliphatic heterocycles. The van der Waals surface area contributed by atoms with Crippen molar-refractivity contribution < 1.29 is 9.47 Å². The van der Waals surface area contributed by atoms with Gasteiger partial charge < -0.3 is 9.47 Å². The van der Waals surface area contributed by atoms with Crippen molar-refractivity contribution >= 4 is 11.6 Å². The van der Waals surface area contributed by atoms with Crippen molar-refractivity contribution in [2.24, 2.45) is 0 Å². The van der Waals surface area contributed by atoms with Gasteiger partial charge in [0.25, 0.3) is 0 Å². The van der Waals surface area contributed by atoms with Crippen LogP contribution in [-0.2, 0) is 9.47 Å². The fraction of sp³-hybridized carbons (Fsp3) is 0.867. The third-order valence-electron chi connectivity index (χ3n) is 2.71. The van der Waals surface area contributed by atoms with Gasteiger partial charge >= 0.3 is 0 Å². The molecular formula is C15H29ClO2. The van der Waals surface area contributed by atoms with E-state index >= 15 is 0 Å². The van der Waals surface area contributed by atoms with E-state index in [0.717, 1.165) is 31.9 Å². The first-order valence-electron chi connectivity index (χ1n) is 7.29. The van der Waals surface area contributed by atoms with Crippen molar-refractivity contribution in [1.29, 1.82) is 0 Å². The number of allylic oxidation sites excluding steroid dienone is 2. The summed E-state index contributed by atoms with van der Waals surface area (Å²) in [4.78, 5) is 0. The van der Waals surface area contributed by atoms with E-state index in [1.54, 1.807) is 0 Å². The minimum atomic E-state index is 0.00335. The Bertz CT molecular complexity index is 177. The van der Waals surface area contributed by atoms with E-state index in [2.05, 4.69) is 12.2 Å². The molecule has 0 aromatic heterocycles. The van der Waals surface area contributed by atoms with Gasteiger partial charge in [0.2, 0.25) is 0 Å². The van der Waals surface area contributed by atoms with Crippen molar-refractivity contribution in [1.82, 2.24) is 0 Å². The van der Waals surface area contributed by atoms with Crippen LogP contribution in [0.2, 0.25) is 0 Å². The molecule has 3 heteroatoms. The fourth-order valence-corrected chi connectivity index (χ4v) is 1.94. The van der Waals surface area contributed by atoms with Gasteiger partial charge in [-0.2, -0.15) is 0 Å². The molecule has 0 spiro atoms. The van der Waals surface area contributed by atoms with Crippen LogP contribution in [0.25, 0.3) is 0 Å². The topological polar surface area (TPSA) is 18.5 Å². The second-order valence-electron chi connectivity index (χ2n) is 4.28. The van der Waals surface area contributed by atoms with Crippen molar-refractivity contribution in [3.63, 3.8) is 0 Å². The summed E-state index contributed by atoms with van der Waals surface area (Å²) in [5, 5.41) is 0. The molecule has 2 nitrogen and oxygen atoms in total. The average Bonchev–Trinajstić information content (AvgIpc) is 2.37. The lowest BCUT2D eigenvalue weighted by atomic mass is 10.1. The van der Waals surface area contributed by atoms with Gasteiger partial charge in [0, 0.05) is 19.1 Å². The molecule has 0 aliphatic rings. The number of unbranched alkanes of at least 4 members (excludes halogenated alkanes) is 4. The molecule has 0 amide bonds. The fourth-order valence-electron chi connectivity index (χ4n) is 1.81. The van der Waals surface area contributed by atoms with Crippen LogP contribution in [-0.4, -0.2) is 25.4 Å². The lowest BCUT2D eigenvalue weighted by Gasteiger charge is -2.16. The maximum absolute atomic E-state index is 5.59. The minimum Gasteiger partial charge on any atom is -0.353 e. The largest absolute Gasteiger partial charge is 0.353 e. The van der Waals surface area contributed by atoms with Crippen molar-refractivity contribution in [3.8, 4) is 0 Å². The highest BCUT2D eigenvalue weighted by molar-refractivity contribution is 6.17. The number of hydrogen-bond donors (Lipinski definition) is 0. The van der Waals surface area contributed by atoms with Crippen LogP contribution in [0.3, 0.4) is 0 Å². The van der Waals surface area contributed by atoms with Crippen LogP contribution in [0.4, 0.5) is 0 Å². The first kappa shape index (κ1) is 17.9. The van der Waals surface area contributed by atoms with Crippen LogP contribution in [0.15, 0.2) is 12.2 Å². The molecule has 0 fully saturated rings. The van der Waals surface area contributed by atoms with Gasteiger partial charge in [-0.1, -0.05) is 25.0 Å². The second-order valence-corrected chi connectivity index (χ2v) is 4.66. The van der Waals surface area contributed by atoms with Crippen LogP contribution in [0.1, 0.15) is 58.8 Å². The summed E-state index contributed by atoms with van der Waals surface area (Å²) < 4.78 is 11.0. The predicted molar refractivity (Wildman–Crippen MR) is 79.2 cm³/mol. The molecule has 0 unspecified atom stereocenters. The lowest BCUT2D eigenvalue weighted by Crippen LogP contribution is -2.17. The Hall–Kier alpha value is -0.0500. The Morgan fingerprint density at radius 2 is 1.50 bits per heavy atom. The molecule has 18 heavy (non-hydrogen) atoms. The Labute approximate surface area is 118 Å². The average molecular weight is 277 g/mol. The summed E-state index contributed by atoms with van der Waals surface area (Å²) in [6.07, 6.45) is 12.6. The number of halogens is 1. The number of rotatable bonds is 13. The molecule has 0 saturated heterocycles. The zero-order valence-electron chi connectivity index (χ0n) is 12.0. The van der Waals surface area contributed by atoms with E-state index in [0.29, 0.717) is 0 Å². The number of alkyl halides is 1. The highest BCUT2D eigenvalue weighted by Gasteiger charge is 2.06. The standard InChI is InChI=1S/C15H29ClO2/c1-3-17-15(18-4-2)13-11-9-7-5-6-8-10-12-14-16/h8,10,15H,3-7,9,11-14H2,1-2H3/b10-8-. The quantitative estimate of drug-likeness (QED) is 0.206. The molecule has 0 aliphatic carbocycles. The summed E-state index contributed by atoms with van der Waals surface area (Å²) in [5.74, 6) is 0.729. The van der Waals surface area contributed by atoms with Crippen LogP contribution < -0.4 is 0 Å². The first-order chi connectivity index (χ1) is 8.85. The molecule has 0 aromatic rings. The van der Waals surface area contributed by atoms with E-state index < -0.39 is 0 Å². The van der Waals surface area contributed by atoms with E-state index in [9.17, 15) is 0 Å². The molecular weight excluding hydrogens is 248 g/mol. The van der Waals surface area contributed by atoms with Crippen LogP contribution >= 0.6 is 11.6 Å². The SMILES string of the molecule is CCOC(CCCCCC/C=C\CCCl)OCC. The van der Waals surface area contributed by atoms with E-state index in [1.807, 2.05) is 13.8 Å². The maximum atomic E-state index is 5.59. The maximum Gasteiger partial charge on any atom is 0.157 e. The Balaban J connectivity index is 3.31. The molecule has 108 valence electrons. The smallest absolute Gasteiger partial charge is 0.157 e. The van der Waals surface area contributed by atoms with Gasteiger partial charge in [0.15, 0.2) is 6.29 Å². The van der Waals surface area contributed by atoms with Gasteiger partial charge in [0.1, 0.15) is 0 Å². The molecule has 0 bridgehead atoms. The summed E-state index contributed by atoms with van der Waals surface area (Å²) in [5.41, 5.74) is 0. The van der Waals surface area contributed by atoms with Gasteiger partial charge in [0.05, 0.1) is 0 Å². The summed E-state index contributed by atoms with van der Waals surface area (Å²) in [6.45, 7) is 5.49. The zero-order chi connectivity index (χ0) is 13.5. The first-order valence-corrected chi connectivity index (χ1v) is 7.82. The minimum absolute atomic E-state index is 0.00335. The Kier molecular flexibility index (Phi) is 15.0. The Morgan fingerprint density at radius 3 is 2.11 bits per heavy atom. The van der Waals surface area contributed by atoms with Crippen molar-refractivity contribution in [2.45, 2.75) is 65.1 Å². The van der Waals surface area contributed by atoms with E-state index in [-0.39, 0.29) is 6.29 Å². The third kappa shape index (κ3) is 12.4. The Morgan fingerprint density at radius 1 is 0.889 bits per heavy atom. The second kappa shape index (κ2) is 15.0. The molecule has 0 saturated carbocycles. The van der Waals surface area contributed by atoms with Gasteiger partial charge in [-0.15, -0.1) is 11.6 Å². The molecule has 0 rings (SSSR count). The normalized spacial score (nSPS) is 11.8. The van der Waals surface area contributed by atoms with Crippen molar-refractivity contribution in [3.05, 3.63) is 12.2 Å². The molecule has 0 atom stereocenters. The lowest BCUT2D eigenvalue weighted by molar-refractivity contribution is -0.140. The highest BCUT2D eigenvalue weighted by Crippen LogP contribution is 2.11. The monoisotopic (exact) mass is 276 g/mol. The number of ether oxygens (including phenoxy) is 2. The van der Waals surface area contributed by atoms with Gasteiger partial charge in [-0.05, 0) is 46.0 Å². The predicted octanol–water partition coefficient (Wildman–Crippen LogP) is 4.91. The summed E-state index contributed by atoms with van der Waals surface area (Å²) in [7, 11) is 0. The van der Waals surface area contributed by atoms with Crippen LogP contribution in [0, 0.1) is 0 Å². The summed E-state index contributed by atoms with van der Waals surface area (Å²) in [6, 6.07) is 0. The van der Waals surface area contributed by atoms with E-state index in [1.165, 1.54) is 32.1 Å². The van der Waals surface area contributed by atoms with Gasteiger partial charge in [-0.25, -0.2) is 0 Å². The highest BCUT2D eigenvalue weighted by atomic mass is 35.5.